The van der Waals surface area contributed by atoms with Gasteiger partial charge in [-0.2, -0.15) is 0 Å². The summed E-state index contributed by atoms with van der Waals surface area (Å²) in [7, 11) is 0. The van der Waals surface area contributed by atoms with Crippen molar-refractivity contribution >= 4 is 23.9 Å². The summed E-state index contributed by atoms with van der Waals surface area (Å²) in [4.78, 5) is 47.9. The fourth-order valence-electron chi connectivity index (χ4n) is 2.28. The monoisotopic (exact) mass is 417 g/mol. The summed E-state index contributed by atoms with van der Waals surface area (Å²) in [5, 5.41) is 12.1. The van der Waals surface area contributed by atoms with Crippen LogP contribution in [0.15, 0.2) is 54.6 Å². The van der Waals surface area contributed by atoms with E-state index in [1.165, 1.54) is 6.08 Å². The second-order valence-corrected chi connectivity index (χ2v) is 6.61. The van der Waals surface area contributed by atoms with Crippen molar-refractivity contribution in [3.05, 3.63) is 60.2 Å². The fourth-order valence-corrected chi connectivity index (χ4v) is 2.28. The standard InChI is InChI=1S/C21H27N3O6/c1-4-5-7-12-17(25)24(13-18(26)27)23-20(28)19(15(2)3)22-21(29)30-14-16-10-8-6-9-11-16/h4-12,15,19H,13-14H2,1-3H3,(H,22,29)(H,23,28)(H,26,27)/b5-4+,12-7+/t19-/m0/s1. The van der Waals surface area contributed by atoms with E-state index >= 15 is 0 Å². The van der Waals surface area contributed by atoms with Crippen molar-refractivity contribution in [3.8, 4) is 0 Å². The average molecular weight is 417 g/mol. The maximum absolute atomic E-state index is 12.6. The molecule has 3 amide bonds. The molecule has 0 unspecified atom stereocenters. The second kappa shape index (κ2) is 12.8. The predicted molar refractivity (Wildman–Crippen MR) is 110 cm³/mol. The van der Waals surface area contributed by atoms with Crippen LogP contribution in [0, 0.1) is 5.92 Å². The third kappa shape index (κ3) is 9.05. The van der Waals surface area contributed by atoms with Gasteiger partial charge in [0.05, 0.1) is 0 Å². The highest BCUT2D eigenvalue weighted by Crippen LogP contribution is 2.05. The van der Waals surface area contributed by atoms with Crippen LogP contribution in [0.3, 0.4) is 0 Å². The number of hydrogen-bond acceptors (Lipinski definition) is 5. The van der Waals surface area contributed by atoms with Gasteiger partial charge in [0.15, 0.2) is 0 Å². The molecule has 0 spiro atoms. The Kier molecular flexibility index (Phi) is 10.4. The van der Waals surface area contributed by atoms with Gasteiger partial charge in [0, 0.05) is 6.08 Å². The molecule has 30 heavy (non-hydrogen) atoms. The Hall–Kier alpha value is -3.62. The van der Waals surface area contributed by atoms with Gasteiger partial charge in [-0.25, -0.2) is 9.80 Å². The number of hydrazine groups is 1. The molecule has 0 saturated carbocycles. The van der Waals surface area contributed by atoms with Crippen molar-refractivity contribution in [3.63, 3.8) is 0 Å². The lowest BCUT2D eigenvalue weighted by Crippen LogP contribution is -2.56. The number of amides is 3. The number of carbonyl (C=O) groups excluding carboxylic acids is 3. The van der Waals surface area contributed by atoms with Gasteiger partial charge in [0.1, 0.15) is 19.2 Å². The molecule has 0 fully saturated rings. The summed E-state index contributed by atoms with van der Waals surface area (Å²) < 4.78 is 5.12. The van der Waals surface area contributed by atoms with Crippen LogP contribution in [0.5, 0.6) is 0 Å². The van der Waals surface area contributed by atoms with E-state index in [0.717, 1.165) is 11.6 Å². The number of carboxylic acid groups (broad SMARTS) is 1. The lowest BCUT2D eigenvalue weighted by Gasteiger charge is -2.26. The number of carbonyl (C=O) groups is 4. The van der Waals surface area contributed by atoms with E-state index in [-0.39, 0.29) is 12.5 Å². The first-order chi connectivity index (χ1) is 14.2. The summed E-state index contributed by atoms with van der Waals surface area (Å²) in [6, 6.07) is 7.98. The van der Waals surface area contributed by atoms with Crippen molar-refractivity contribution in [2.45, 2.75) is 33.4 Å². The highest BCUT2D eigenvalue weighted by Gasteiger charge is 2.28. The molecule has 1 aromatic rings. The van der Waals surface area contributed by atoms with Gasteiger partial charge in [-0.05, 0) is 18.4 Å². The van der Waals surface area contributed by atoms with Crippen molar-refractivity contribution in [1.29, 1.82) is 0 Å². The highest BCUT2D eigenvalue weighted by atomic mass is 16.5. The van der Waals surface area contributed by atoms with Gasteiger partial charge in [0.2, 0.25) is 0 Å². The van der Waals surface area contributed by atoms with E-state index in [1.54, 1.807) is 57.2 Å². The van der Waals surface area contributed by atoms with E-state index in [1.807, 2.05) is 6.07 Å². The molecule has 0 bridgehead atoms. The van der Waals surface area contributed by atoms with Gasteiger partial charge >= 0.3 is 12.1 Å². The summed E-state index contributed by atoms with van der Waals surface area (Å²) in [6.07, 6.45) is 5.00. The largest absolute Gasteiger partial charge is 0.480 e. The molecule has 162 valence electrons. The van der Waals surface area contributed by atoms with Gasteiger partial charge in [0.25, 0.3) is 11.8 Å². The molecule has 1 rings (SSSR count). The van der Waals surface area contributed by atoms with Crippen LogP contribution in [0.2, 0.25) is 0 Å². The quantitative estimate of drug-likeness (QED) is 0.321. The maximum Gasteiger partial charge on any atom is 0.408 e. The molecule has 3 N–H and O–H groups in total. The Morgan fingerprint density at radius 3 is 2.37 bits per heavy atom. The Balaban J connectivity index is 2.77. The molecule has 9 nitrogen and oxygen atoms in total. The second-order valence-electron chi connectivity index (χ2n) is 6.61. The molecule has 1 atom stereocenters. The molecular formula is C21H27N3O6. The number of carboxylic acids is 1. The summed E-state index contributed by atoms with van der Waals surface area (Å²) in [5.41, 5.74) is 3.04. The third-order valence-electron chi connectivity index (χ3n) is 3.78. The SMILES string of the molecule is C/C=C/C=C/C(=O)N(CC(=O)O)NC(=O)[C@@H](NC(=O)OCc1ccccc1)C(C)C. The van der Waals surface area contributed by atoms with Crippen LogP contribution in [-0.2, 0) is 25.7 Å². The Morgan fingerprint density at radius 1 is 1.13 bits per heavy atom. The number of ether oxygens (including phenoxy) is 1. The zero-order valence-electron chi connectivity index (χ0n) is 17.2. The van der Waals surface area contributed by atoms with E-state index in [2.05, 4.69) is 10.7 Å². The molecule has 1 aromatic carbocycles. The van der Waals surface area contributed by atoms with Crippen LogP contribution in [0.25, 0.3) is 0 Å². The number of rotatable bonds is 9. The number of nitrogens with zero attached hydrogens (tertiary/aromatic N) is 1. The number of allylic oxidation sites excluding steroid dienone is 3. The van der Waals surface area contributed by atoms with Gasteiger partial charge in [-0.3, -0.25) is 19.8 Å². The Labute approximate surface area is 175 Å². The summed E-state index contributed by atoms with van der Waals surface area (Å²) in [6.45, 7) is 4.42. The Morgan fingerprint density at radius 2 is 1.80 bits per heavy atom. The first-order valence-corrected chi connectivity index (χ1v) is 9.35. The molecule has 0 radical (unpaired) electrons. The molecule has 0 aliphatic heterocycles. The van der Waals surface area contributed by atoms with Crippen LogP contribution in [0.4, 0.5) is 4.79 Å². The Bertz CT molecular complexity index is 789. The number of hydrogen-bond donors (Lipinski definition) is 3. The summed E-state index contributed by atoms with van der Waals surface area (Å²) >= 11 is 0. The predicted octanol–water partition coefficient (Wildman–Crippen LogP) is 2.01. The minimum Gasteiger partial charge on any atom is -0.480 e. The number of nitrogens with one attached hydrogen (secondary N) is 2. The lowest BCUT2D eigenvalue weighted by atomic mass is 10.0. The molecule has 0 aromatic heterocycles. The zero-order valence-corrected chi connectivity index (χ0v) is 17.2. The van der Waals surface area contributed by atoms with E-state index in [4.69, 9.17) is 9.84 Å². The maximum atomic E-state index is 12.6. The van der Waals surface area contributed by atoms with E-state index < -0.39 is 36.5 Å². The average Bonchev–Trinajstić information content (AvgIpc) is 2.70. The van der Waals surface area contributed by atoms with Crippen molar-refractivity contribution in [2.24, 2.45) is 5.92 Å². The van der Waals surface area contributed by atoms with Crippen molar-refractivity contribution in [2.75, 3.05) is 6.54 Å². The third-order valence-corrected chi connectivity index (χ3v) is 3.78. The van der Waals surface area contributed by atoms with Crippen LogP contribution < -0.4 is 10.7 Å². The molecule has 0 heterocycles. The normalized spacial score (nSPS) is 12.0. The molecule has 0 aliphatic carbocycles. The van der Waals surface area contributed by atoms with Gasteiger partial charge < -0.3 is 15.2 Å². The van der Waals surface area contributed by atoms with Gasteiger partial charge in [-0.15, -0.1) is 0 Å². The summed E-state index contributed by atoms with van der Waals surface area (Å²) in [5.74, 6) is -3.12. The first-order valence-electron chi connectivity index (χ1n) is 9.35. The molecule has 0 aliphatic rings. The molecular weight excluding hydrogens is 390 g/mol. The fraction of sp³-hybridized carbons (Fsp3) is 0.333. The smallest absolute Gasteiger partial charge is 0.408 e. The molecule has 0 saturated heterocycles. The first kappa shape index (κ1) is 24.4. The number of benzene rings is 1. The van der Waals surface area contributed by atoms with Crippen LogP contribution in [0.1, 0.15) is 26.3 Å². The lowest BCUT2D eigenvalue weighted by molar-refractivity contribution is -0.148. The van der Waals surface area contributed by atoms with E-state index in [0.29, 0.717) is 5.01 Å². The molecule has 9 heteroatoms. The topological polar surface area (TPSA) is 125 Å². The highest BCUT2D eigenvalue weighted by molar-refractivity contribution is 5.93. The number of alkyl carbamates (subject to hydrolysis) is 1. The van der Waals surface area contributed by atoms with Crippen LogP contribution in [-0.4, -0.2) is 46.6 Å². The zero-order chi connectivity index (χ0) is 22.5. The minimum atomic E-state index is -1.31. The number of aliphatic carboxylic acids is 1. The van der Waals surface area contributed by atoms with Crippen LogP contribution >= 0.6 is 0 Å². The van der Waals surface area contributed by atoms with E-state index in [9.17, 15) is 19.2 Å². The van der Waals surface area contributed by atoms with Gasteiger partial charge in [-0.1, -0.05) is 62.4 Å². The minimum absolute atomic E-state index is 0.0263. The van der Waals surface area contributed by atoms with Crippen molar-refractivity contribution in [1.82, 2.24) is 15.8 Å². The van der Waals surface area contributed by atoms with Crippen molar-refractivity contribution < 1.29 is 29.0 Å².